The molecule has 1 fully saturated rings. The summed E-state index contributed by atoms with van der Waals surface area (Å²) in [6.07, 6.45) is -0.0880. The summed E-state index contributed by atoms with van der Waals surface area (Å²) < 4.78 is 9.08. The van der Waals surface area contributed by atoms with Crippen LogP contribution in [-0.2, 0) is 19.1 Å². The fraction of sp³-hybridized carbons (Fsp3) is 0.778. The molecular weight excluding hydrogens is 172 g/mol. The number of hydrogen-bond donors (Lipinski definition) is 0. The quantitative estimate of drug-likeness (QED) is 0.424. The minimum Gasteiger partial charge on any atom is -0.460 e. The molecule has 0 aromatic heterocycles. The lowest BCUT2D eigenvalue weighted by atomic mass is 10.2. The van der Waals surface area contributed by atoms with Crippen LogP contribution >= 0.6 is 0 Å². The Morgan fingerprint density at radius 2 is 1.77 bits per heavy atom. The third-order valence-corrected chi connectivity index (χ3v) is 1.02. The smallest absolute Gasteiger partial charge is 0.347 e. The molecule has 4 nitrogen and oxygen atoms in total. The second kappa shape index (κ2) is 4.25. The number of carbonyl (C=O) groups excluding carboxylic acids is 2. The molecule has 0 radical (unpaired) electrons. The molecule has 1 aliphatic heterocycles. The molecule has 1 aliphatic rings. The van der Waals surface area contributed by atoms with E-state index in [2.05, 4.69) is 4.74 Å². The van der Waals surface area contributed by atoms with Gasteiger partial charge in [-0.15, -0.1) is 0 Å². The summed E-state index contributed by atoms with van der Waals surface area (Å²) in [5.41, 5.74) is -0.328. The molecule has 0 saturated carbocycles. The molecule has 76 valence electrons. The number of esters is 1. The highest BCUT2D eigenvalue weighted by Gasteiger charge is 2.31. The zero-order valence-corrected chi connectivity index (χ0v) is 8.71. The molecule has 0 aromatic rings. The lowest BCUT2D eigenvalue weighted by Gasteiger charge is -2.17. The molecule has 0 bridgehead atoms. The van der Waals surface area contributed by atoms with Crippen molar-refractivity contribution in [1.29, 1.82) is 0 Å². The van der Waals surface area contributed by atoms with Gasteiger partial charge in [0.05, 0.1) is 0 Å². The molecule has 1 heterocycles. The maximum absolute atomic E-state index is 10.2. The van der Waals surface area contributed by atoms with Crippen molar-refractivity contribution in [3.63, 3.8) is 0 Å². The number of hydrogen-bond acceptors (Lipinski definition) is 4. The minimum atomic E-state index is -0.328. The van der Waals surface area contributed by atoms with E-state index in [4.69, 9.17) is 4.74 Å². The van der Waals surface area contributed by atoms with Gasteiger partial charge in [-0.05, 0) is 27.7 Å². The number of epoxide rings is 1. The van der Waals surface area contributed by atoms with Crippen molar-refractivity contribution in [2.75, 3.05) is 0 Å². The first-order valence-electron chi connectivity index (χ1n) is 4.12. The molecule has 4 heteroatoms. The van der Waals surface area contributed by atoms with E-state index in [1.807, 2.05) is 20.8 Å². The Morgan fingerprint density at radius 3 is 1.77 bits per heavy atom. The Balaban J connectivity index is 0.000000243. The zero-order chi connectivity index (χ0) is 10.6. The third-order valence-electron chi connectivity index (χ3n) is 1.02. The van der Waals surface area contributed by atoms with Crippen LogP contribution in [-0.4, -0.2) is 23.6 Å². The van der Waals surface area contributed by atoms with Gasteiger partial charge in [0.25, 0.3) is 0 Å². The molecule has 0 N–H and O–H groups in total. The fourth-order valence-corrected chi connectivity index (χ4v) is 0.571. The summed E-state index contributed by atoms with van der Waals surface area (Å²) >= 11 is 0. The van der Waals surface area contributed by atoms with E-state index < -0.39 is 0 Å². The van der Waals surface area contributed by atoms with Crippen molar-refractivity contribution >= 4 is 11.9 Å². The van der Waals surface area contributed by atoms with Gasteiger partial charge in [0, 0.05) is 6.92 Å². The van der Waals surface area contributed by atoms with E-state index in [1.165, 1.54) is 6.92 Å². The highest BCUT2D eigenvalue weighted by molar-refractivity contribution is 5.86. The first kappa shape index (κ1) is 11.9. The van der Waals surface area contributed by atoms with Gasteiger partial charge < -0.3 is 9.47 Å². The van der Waals surface area contributed by atoms with Gasteiger partial charge in [-0.2, -0.15) is 0 Å². The van der Waals surface area contributed by atoms with Crippen LogP contribution in [0.2, 0.25) is 0 Å². The third kappa shape index (κ3) is 8.85. The lowest BCUT2D eigenvalue weighted by Crippen LogP contribution is -2.21. The molecule has 1 saturated heterocycles. The Morgan fingerprint density at radius 1 is 1.46 bits per heavy atom. The molecular formula is C9H16O4. The number of ether oxygens (including phenoxy) is 2. The number of carbonyl (C=O) groups is 2. The summed E-state index contributed by atoms with van der Waals surface area (Å²) in [7, 11) is 0. The van der Waals surface area contributed by atoms with Crippen LogP contribution in [0.15, 0.2) is 0 Å². The monoisotopic (exact) mass is 188 g/mol. The second-order valence-electron chi connectivity index (χ2n) is 3.79. The van der Waals surface area contributed by atoms with Crippen LogP contribution < -0.4 is 0 Å². The highest BCUT2D eigenvalue weighted by Crippen LogP contribution is 2.08. The Kier molecular flexibility index (Phi) is 3.91. The van der Waals surface area contributed by atoms with Crippen LogP contribution in [0.25, 0.3) is 0 Å². The van der Waals surface area contributed by atoms with E-state index in [9.17, 15) is 9.59 Å². The summed E-state index contributed by atoms with van der Waals surface area (Å²) in [6.45, 7) is 8.66. The van der Waals surface area contributed by atoms with Gasteiger partial charge in [-0.3, -0.25) is 4.79 Å². The first-order chi connectivity index (χ1) is 5.72. The molecule has 0 aromatic carbocycles. The summed E-state index contributed by atoms with van der Waals surface area (Å²) in [5, 5.41) is 0. The molecule has 1 atom stereocenters. The van der Waals surface area contributed by atoms with Crippen molar-refractivity contribution < 1.29 is 19.1 Å². The average molecular weight is 188 g/mol. The molecule has 1 unspecified atom stereocenters. The standard InChI is InChI=1S/C6H12O2.C3H4O2/c1-5(7)8-6(2,3)4;1-2-3(4)5-2/h1-4H3;2H,1H3. The predicted octanol–water partition coefficient (Wildman–Crippen LogP) is 1.28. The van der Waals surface area contributed by atoms with E-state index in [-0.39, 0.29) is 23.6 Å². The van der Waals surface area contributed by atoms with Crippen LogP contribution in [0.1, 0.15) is 34.6 Å². The van der Waals surface area contributed by atoms with Crippen LogP contribution in [0.4, 0.5) is 0 Å². The van der Waals surface area contributed by atoms with Crippen molar-refractivity contribution in [3.8, 4) is 0 Å². The summed E-state index contributed by atoms with van der Waals surface area (Å²) in [6, 6.07) is 0. The van der Waals surface area contributed by atoms with Gasteiger partial charge in [-0.1, -0.05) is 0 Å². The minimum absolute atomic E-state index is 0.0787. The van der Waals surface area contributed by atoms with Gasteiger partial charge in [0.2, 0.25) is 0 Å². The average Bonchev–Trinajstić information content (AvgIpc) is 2.38. The van der Waals surface area contributed by atoms with Gasteiger partial charge in [0.15, 0.2) is 6.10 Å². The number of cyclic esters (lactones) is 1. The topological polar surface area (TPSA) is 55.9 Å². The van der Waals surface area contributed by atoms with Crippen LogP contribution in [0.3, 0.4) is 0 Å². The van der Waals surface area contributed by atoms with Gasteiger partial charge in [0.1, 0.15) is 5.60 Å². The van der Waals surface area contributed by atoms with E-state index in [1.54, 1.807) is 6.92 Å². The number of rotatable bonds is 0. The Bertz CT molecular complexity index is 202. The van der Waals surface area contributed by atoms with Crippen LogP contribution in [0, 0.1) is 0 Å². The van der Waals surface area contributed by atoms with Gasteiger partial charge >= 0.3 is 11.9 Å². The SMILES string of the molecule is CC(=O)OC(C)(C)C.CC1OC1=O. The normalized spacial score (nSPS) is 19.5. The van der Waals surface area contributed by atoms with Crippen LogP contribution in [0.5, 0.6) is 0 Å². The maximum atomic E-state index is 10.2. The molecule has 0 spiro atoms. The largest absolute Gasteiger partial charge is 0.460 e. The van der Waals surface area contributed by atoms with E-state index in [0.717, 1.165) is 0 Å². The predicted molar refractivity (Wildman–Crippen MR) is 47.1 cm³/mol. The zero-order valence-electron chi connectivity index (χ0n) is 8.71. The molecule has 0 aliphatic carbocycles. The first-order valence-corrected chi connectivity index (χ1v) is 4.12. The van der Waals surface area contributed by atoms with Crippen molar-refractivity contribution in [2.45, 2.75) is 46.3 Å². The fourth-order valence-electron chi connectivity index (χ4n) is 0.571. The Hall–Kier alpha value is -1.06. The molecule has 13 heavy (non-hydrogen) atoms. The summed E-state index contributed by atoms with van der Waals surface area (Å²) in [5.74, 6) is -0.303. The van der Waals surface area contributed by atoms with Crippen molar-refractivity contribution in [3.05, 3.63) is 0 Å². The van der Waals surface area contributed by atoms with Crippen molar-refractivity contribution in [1.82, 2.24) is 0 Å². The highest BCUT2D eigenvalue weighted by atomic mass is 16.6. The van der Waals surface area contributed by atoms with Crippen molar-refractivity contribution in [2.24, 2.45) is 0 Å². The lowest BCUT2D eigenvalue weighted by molar-refractivity contribution is -0.151. The summed E-state index contributed by atoms with van der Waals surface area (Å²) in [4.78, 5) is 19.9. The second-order valence-corrected chi connectivity index (χ2v) is 3.79. The van der Waals surface area contributed by atoms with E-state index in [0.29, 0.717) is 0 Å². The van der Waals surface area contributed by atoms with E-state index >= 15 is 0 Å². The molecule has 0 amide bonds. The van der Waals surface area contributed by atoms with Gasteiger partial charge in [-0.25, -0.2) is 4.79 Å². The Labute approximate surface area is 78.2 Å². The molecule has 1 rings (SSSR count). The maximum Gasteiger partial charge on any atom is 0.347 e.